The lowest BCUT2D eigenvalue weighted by Crippen LogP contribution is -2.23. The molecule has 0 saturated heterocycles. The third kappa shape index (κ3) is 4.32. The van der Waals surface area contributed by atoms with Crippen LogP contribution in [0.1, 0.15) is 17.0 Å². The standard InChI is InChI=1S/C14H17N3O3S/c1-11-8-16-13(9-15-11)10-17-21(19,20)14-4-2-12(3-5-14)6-7-18/h2-5,8-9,17-18H,6-7,10H2,1H3. The highest BCUT2D eigenvalue weighted by atomic mass is 32.2. The molecule has 2 N–H and O–H groups in total. The summed E-state index contributed by atoms with van der Waals surface area (Å²) in [5.41, 5.74) is 2.23. The van der Waals surface area contributed by atoms with Crippen molar-refractivity contribution in [1.82, 2.24) is 14.7 Å². The molecule has 0 amide bonds. The minimum atomic E-state index is -3.58. The molecule has 0 spiro atoms. The predicted octanol–water partition coefficient (Wildman–Crippen LogP) is 0.798. The van der Waals surface area contributed by atoms with E-state index in [1.165, 1.54) is 12.1 Å². The molecule has 2 rings (SSSR count). The Balaban J connectivity index is 2.05. The first-order valence-corrected chi connectivity index (χ1v) is 7.96. The maximum atomic E-state index is 12.1. The Kier molecular flexibility index (Phi) is 5.00. The molecule has 0 fully saturated rings. The Morgan fingerprint density at radius 1 is 1.14 bits per heavy atom. The molecular weight excluding hydrogens is 290 g/mol. The van der Waals surface area contributed by atoms with E-state index in [0.717, 1.165) is 11.3 Å². The zero-order chi connectivity index (χ0) is 15.3. The van der Waals surface area contributed by atoms with Crippen LogP contribution in [0.15, 0.2) is 41.6 Å². The van der Waals surface area contributed by atoms with Gasteiger partial charge in [-0.3, -0.25) is 9.97 Å². The van der Waals surface area contributed by atoms with Gasteiger partial charge in [0.1, 0.15) is 0 Å². The number of nitrogens with one attached hydrogen (secondary N) is 1. The van der Waals surface area contributed by atoms with Crippen molar-refractivity contribution in [3.8, 4) is 0 Å². The predicted molar refractivity (Wildman–Crippen MR) is 78.0 cm³/mol. The van der Waals surface area contributed by atoms with Crippen molar-refractivity contribution < 1.29 is 13.5 Å². The van der Waals surface area contributed by atoms with Crippen LogP contribution in [0.5, 0.6) is 0 Å². The first kappa shape index (κ1) is 15.6. The number of sulfonamides is 1. The fraction of sp³-hybridized carbons (Fsp3) is 0.286. The first-order valence-electron chi connectivity index (χ1n) is 6.48. The van der Waals surface area contributed by atoms with Crippen molar-refractivity contribution in [1.29, 1.82) is 0 Å². The van der Waals surface area contributed by atoms with Crippen molar-refractivity contribution in [3.63, 3.8) is 0 Å². The van der Waals surface area contributed by atoms with Crippen LogP contribution in [0.4, 0.5) is 0 Å². The van der Waals surface area contributed by atoms with Crippen molar-refractivity contribution in [2.45, 2.75) is 24.8 Å². The second kappa shape index (κ2) is 6.75. The summed E-state index contributed by atoms with van der Waals surface area (Å²) in [7, 11) is -3.58. The average Bonchev–Trinajstić information content (AvgIpc) is 2.48. The van der Waals surface area contributed by atoms with E-state index in [9.17, 15) is 8.42 Å². The summed E-state index contributed by atoms with van der Waals surface area (Å²) in [6.45, 7) is 1.94. The van der Waals surface area contributed by atoms with E-state index >= 15 is 0 Å². The highest BCUT2D eigenvalue weighted by molar-refractivity contribution is 7.89. The van der Waals surface area contributed by atoms with Crippen molar-refractivity contribution in [2.24, 2.45) is 0 Å². The second-order valence-electron chi connectivity index (χ2n) is 4.59. The molecule has 6 nitrogen and oxygen atoms in total. The summed E-state index contributed by atoms with van der Waals surface area (Å²) < 4.78 is 26.7. The van der Waals surface area contributed by atoms with Gasteiger partial charge in [-0.25, -0.2) is 13.1 Å². The molecule has 1 aromatic carbocycles. The Morgan fingerprint density at radius 3 is 2.43 bits per heavy atom. The van der Waals surface area contributed by atoms with Gasteiger partial charge in [-0.05, 0) is 31.0 Å². The highest BCUT2D eigenvalue weighted by Crippen LogP contribution is 2.11. The van der Waals surface area contributed by atoms with Gasteiger partial charge < -0.3 is 5.11 Å². The molecule has 0 radical (unpaired) electrons. The lowest BCUT2D eigenvalue weighted by molar-refractivity contribution is 0.299. The van der Waals surface area contributed by atoms with Crippen LogP contribution >= 0.6 is 0 Å². The monoisotopic (exact) mass is 307 g/mol. The first-order chi connectivity index (χ1) is 10.0. The van der Waals surface area contributed by atoms with E-state index < -0.39 is 10.0 Å². The maximum Gasteiger partial charge on any atom is 0.240 e. The molecule has 1 heterocycles. The van der Waals surface area contributed by atoms with Crippen LogP contribution in [0, 0.1) is 6.92 Å². The Labute approximate surface area is 123 Å². The van der Waals surface area contributed by atoms with E-state index in [0.29, 0.717) is 12.1 Å². The number of hydrogen-bond acceptors (Lipinski definition) is 5. The quantitative estimate of drug-likeness (QED) is 0.823. The van der Waals surface area contributed by atoms with E-state index in [4.69, 9.17) is 5.11 Å². The normalized spacial score (nSPS) is 11.5. The number of aryl methyl sites for hydroxylation is 1. The summed E-state index contributed by atoms with van der Waals surface area (Å²) in [5.74, 6) is 0. The molecule has 0 aliphatic carbocycles. The molecular formula is C14H17N3O3S. The van der Waals surface area contributed by atoms with Gasteiger partial charge >= 0.3 is 0 Å². The van der Waals surface area contributed by atoms with Gasteiger partial charge in [0, 0.05) is 12.8 Å². The largest absolute Gasteiger partial charge is 0.396 e. The molecule has 7 heteroatoms. The van der Waals surface area contributed by atoms with Gasteiger partial charge in [-0.15, -0.1) is 0 Å². The van der Waals surface area contributed by atoms with Crippen molar-refractivity contribution >= 4 is 10.0 Å². The van der Waals surface area contributed by atoms with Gasteiger partial charge in [-0.2, -0.15) is 0 Å². The molecule has 112 valence electrons. The fourth-order valence-electron chi connectivity index (χ4n) is 1.73. The maximum absolute atomic E-state index is 12.1. The Hall–Kier alpha value is -1.83. The van der Waals surface area contributed by atoms with E-state index in [1.807, 2.05) is 6.92 Å². The van der Waals surface area contributed by atoms with E-state index in [2.05, 4.69) is 14.7 Å². The average molecular weight is 307 g/mol. The van der Waals surface area contributed by atoms with Crippen LogP contribution < -0.4 is 4.72 Å². The topological polar surface area (TPSA) is 92.2 Å². The second-order valence-corrected chi connectivity index (χ2v) is 6.36. The minimum Gasteiger partial charge on any atom is -0.396 e. The van der Waals surface area contributed by atoms with Crippen LogP contribution in [0.25, 0.3) is 0 Å². The number of rotatable bonds is 6. The zero-order valence-electron chi connectivity index (χ0n) is 11.7. The van der Waals surface area contributed by atoms with Gasteiger partial charge in [0.25, 0.3) is 0 Å². The SMILES string of the molecule is Cc1cnc(CNS(=O)(=O)c2ccc(CCO)cc2)cn1. The summed E-state index contributed by atoms with van der Waals surface area (Å²) in [5, 5.41) is 8.84. The lowest BCUT2D eigenvalue weighted by Gasteiger charge is -2.07. The van der Waals surface area contributed by atoms with Gasteiger partial charge in [0.2, 0.25) is 10.0 Å². The number of aliphatic hydroxyl groups excluding tert-OH is 1. The number of hydrogen-bond donors (Lipinski definition) is 2. The van der Waals surface area contributed by atoms with Gasteiger partial charge in [0.05, 0.1) is 29.0 Å². The van der Waals surface area contributed by atoms with Crippen LogP contribution in [-0.2, 0) is 23.0 Å². The molecule has 0 unspecified atom stereocenters. The van der Waals surface area contributed by atoms with Crippen LogP contribution in [-0.4, -0.2) is 30.1 Å². The third-order valence-corrected chi connectivity index (χ3v) is 4.33. The molecule has 0 aliphatic rings. The summed E-state index contributed by atoms with van der Waals surface area (Å²) >= 11 is 0. The molecule has 21 heavy (non-hydrogen) atoms. The number of nitrogens with zero attached hydrogens (tertiary/aromatic N) is 2. The molecule has 2 aromatic rings. The van der Waals surface area contributed by atoms with E-state index in [1.54, 1.807) is 24.5 Å². The molecule has 0 saturated carbocycles. The van der Waals surface area contributed by atoms with Gasteiger partial charge in [0.15, 0.2) is 0 Å². The van der Waals surface area contributed by atoms with Gasteiger partial charge in [-0.1, -0.05) is 12.1 Å². The lowest BCUT2D eigenvalue weighted by atomic mass is 10.2. The molecule has 0 aliphatic heterocycles. The highest BCUT2D eigenvalue weighted by Gasteiger charge is 2.13. The van der Waals surface area contributed by atoms with Crippen molar-refractivity contribution in [3.05, 3.63) is 53.6 Å². The van der Waals surface area contributed by atoms with Crippen LogP contribution in [0.2, 0.25) is 0 Å². The Morgan fingerprint density at radius 2 is 1.86 bits per heavy atom. The number of benzene rings is 1. The number of aliphatic hydroxyl groups is 1. The van der Waals surface area contributed by atoms with Crippen molar-refractivity contribution in [2.75, 3.05) is 6.61 Å². The summed E-state index contributed by atoms with van der Waals surface area (Å²) in [6, 6.07) is 6.43. The molecule has 0 atom stereocenters. The summed E-state index contributed by atoms with van der Waals surface area (Å²) in [6.07, 6.45) is 3.64. The fourth-order valence-corrected chi connectivity index (χ4v) is 2.73. The molecule has 0 bridgehead atoms. The Bertz CT molecular complexity index is 682. The number of aromatic nitrogens is 2. The van der Waals surface area contributed by atoms with E-state index in [-0.39, 0.29) is 18.0 Å². The third-order valence-electron chi connectivity index (χ3n) is 2.91. The zero-order valence-corrected chi connectivity index (χ0v) is 12.5. The van der Waals surface area contributed by atoms with Crippen LogP contribution in [0.3, 0.4) is 0 Å². The minimum absolute atomic E-state index is 0.0381. The smallest absolute Gasteiger partial charge is 0.240 e. The molecule has 1 aromatic heterocycles. The summed E-state index contributed by atoms with van der Waals surface area (Å²) in [4.78, 5) is 8.34.